The van der Waals surface area contributed by atoms with Crippen LogP contribution in [0.1, 0.15) is 5.56 Å². The number of amides is 1. The fourth-order valence-corrected chi connectivity index (χ4v) is 3.70. The molecule has 7 nitrogen and oxygen atoms in total. The van der Waals surface area contributed by atoms with E-state index >= 15 is 0 Å². The molecule has 0 radical (unpaired) electrons. The molecule has 0 bridgehead atoms. The van der Waals surface area contributed by atoms with Gasteiger partial charge in [-0.25, -0.2) is 17.5 Å². The summed E-state index contributed by atoms with van der Waals surface area (Å²) in [5, 5.41) is 5.98. The Morgan fingerprint density at radius 3 is 2.57 bits per heavy atom. The van der Waals surface area contributed by atoms with Gasteiger partial charge in [0, 0.05) is 11.8 Å². The van der Waals surface area contributed by atoms with E-state index in [9.17, 15) is 22.4 Å². The summed E-state index contributed by atoms with van der Waals surface area (Å²) in [6.45, 7) is 1.34. The molecule has 2 aromatic carbocycles. The first-order chi connectivity index (χ1) is 13.3. The molecule has 9 heteroatoms. The standard InChI is InChI=1S/C19H16FN3O4S/c1-13-5-2-3-8-16(13)21-17(24)12-23-19(25)10-9-18(22-23)28(26,27)15-7-4-6-14(20)11-15/h2-11H,12H2,1H3,(H,21,24). The number of aryl methyl sites for hydroxylation is 1. The van der Waals surface area contributed by atoms with E-state index < -0.39 is 38.7 Å². The number of nitrogens with zero attached hydrogens (tertiary/aromatic N) is 2. The monoisotopic (exact) mass is 401 g/mol. The maximum atomic E-state index is 13.4. The molecule has 0 fully saturated rings. The van der Waals surface area contributed by atoms with Crippen LogP contribution >= 0.6 is 0 Å². The Kier molecular flexibility index (Phi) is 5.36. The maximum Gasteiger partial charge on any atom is 0.267 e. The van der Waals surface area contributed by atoms with E-state index in [1.165, 1.54) is 12.1 Å². The highest BCUT2D eigenvalue weighted by Crippen LogP contribution is 2.19. The Labute approximate surface area is 160 Å². The molecule has 0 aliphatic carbocycles. The number of nitrogens with one attached hydrogen (secondary N) is 1. The molecule has 3 rings (SSSR count). The first-order valence-electron chi connectivity index (χ1n) is 8.22. The molecule has 1 amide bonds. The van der Waals surface area contributed by atoms with Crippen LogP contribution in [0, 0.1) is 12.7 Å². The van der Waals surface area contributed by atoms with Crippen LogP contribution < -0.4 is 10.9 Å². The SMILES string of the molecule is Cc1ccccc1NC(=O)Cn1nc(S(=O)(=O)c2cccc(F)c2)ccc1=O. The zero-order valence-electron chi connectivity index (χ0n) is 14.8. The Balaban J connectivity index is 1.89. The Morgan fingerprint density at radius 2 is 1.86 bits per heavy atom. The van der Waals surface area contributed by atoms with Crippen molar-refractivity contribution < 1.29 is 17.6 Å². The first-order valence-corrected chi connectivity index (χ1v) is 9.70. The topological polar surface area (TPSA) is 98.1 Å². The van der Waals surface area contributed by atoms with Gasteiger partial charge in [-0.1, -0.05) is 24.3 Å². The molecule has 0 aliphatic rings. The summed E-state index contributed by atoms with van der Waals surface area (Å²) < 4.78 is 39.4. The second-order valence-corrected chi connectivity index (χ2v) is 7.89. The van der Waals surface area contributed by atoms with Crippen molar-refractivity contribution >= 4 is 21.4 Å². The van der Waals surface area contributed by atoms with Crippen LogP contribution in [0.5, 0.6) is 0 Å². The van der Waals surface area contributed by atoms with Crippen molar-refractivity contribution in [3.63, 3.8) is 0 Å². The van der Waals surface area contributed by atoms with Gasteiger partial charge in [0.2, 0.25) is 15.7 Å². The quantitative estimate of drug-likeness (QED) is 0.707. The smallest absolute Gasteiger partial charge is 0.267 e. The molecule has 3 aromatic rings. The lowest BCUT2D eigenvalue weighted by molar-refractivity contribution is -0.117. The average molecular weight is 401 g/mol. The minimum absolute atomic E-state index is 0.297. The third-order valence-corrected chi connectivity index (χ3v) is 5.58. The summed E-state index contributed by atoms with van der Waals surface area (Å²) in [5.74, 6) is -1.25. The van der Waals surface area contributed by atoms with E-state index in [0.717, 1.165) is 34.5 Å². The number of benzene rings is 2. The Hall–Kier alpha value is -3.33. The van der Waals surface area contributed by atoms with Crippen LogP contribution in [-0.2, 0) is 21.2 Å². The number of aromatic nitrogens is 2. The minimum Gasteiger partial charge on any atom is -0.324 e. The van der Waals surface area contributed by atoms with Gasteiger partial charge < -0.3 is 5.32 Å². The van der Waals surface area contributed by atoms with Crippen LogP contribution in [-0.4, -0.2) is 24.1 Å². The molecule has 144 valence electrons. The molecule has 0 atom stereocenters. The maximum absolute atomic E-state index is 13.4. The average Bonchev–Trinajstić information content (AvgIpc) is 2.65. The van der Waals surface area contributed by atoms with E-state index in [2.05, 4.69) is 10.4 Å². The van der Waals surface area contributed by atoms with Crippen molar-refractivity contribution in [1.82, 2.24) is 9.78 Å². The third kappa shape index (κ3) is 4.15. The van der Waals surface area contributed by atoms with Gasteiger partial charge in [0.25, 0.3) is 5.56 Å². The van der Waals surface area contributed by atoms with Crippen molar-refractivity contribution in [3.8, 4) is 0 Å². The molecule has 0 saturated carbocycles. The Morgan fingerprint density at radius 1 is 1.11 bits per heavy atom. The molecule has 1 heterocycles. The van der Waals surface area contributed by atoms with Gasteiger partial charge in [0.15, 0.2) is 5.03 Å². The van der Waals surface area contributed by atoms with E-state index in [4.69, 9.17) is 0 Å². The summed E-state index contributed by atoms with van der Waals surface area (Å²) in [7, 11) is -4.14. The second kappa shape index (κ2) is 7.73. The number of rotatable bonds is 5. The summed E-state index contributed by atoms with van der Waals surface area (Å²) in [6.07, 6.45) is 0. The third-order valence-electron chi connectivity index (χ3n) is 3.94. The predicted molar refractivity (Wildman–Crippen MR) is 100 cm³/mol. The fourth-order valence-electron chi connectivity index (χ4n) is 2.48. The largest absolute Gasteiger partial charge is 0.324 e. The van der Waals surface area contributed by atoms with Gasteiger partial charge in [-0.15, -0.1) is 0 Å². The van der Waals surface area contributed by atoms with Crippen molar-refractivity contribution in [3.05, 3.63) is 82.4 Å². The zero-order chi connectivity index (χ0) is 20.3. The minimum atomic E-state index is -4.14. The molecule has 0 saturated heterocycles. The van der Waals surface area contributed by atoms with E-state index in [0.29, 0.717) is 5.69 Å². The lowest BCUT2D eigenvalue weighted by Crippen LogP contribution is -2.30. The van der Waals surface area contributed by atoms with Gasteiger partial charge in [-0.05, 0) is 42.8 Å². The van der Waals surface area contributed by atoms with Gasteiger partial charge in [-0.3, -0.25) is 9.59 Å². The van der Waals surface area contributed by atoms with E-state index in [1.807, 2.05) is 19.1 Å². The second-order valence-electron chi connectivity index (χ2n) is 5.99. The highest BCUT2D eigenvalue weighted by Gasteiger charge is 2.21. The van der Waals surface area contributed by atoms with Crippen LogP contribution in [0.3, 0.4) is 0 Å². The summed E-state index contributed by atoms with van der Waals surface area (Å²) in [6, 6.07) is 13.6. The molecule has 28 heavy (non-hydrogen) atoms. The zero-order valence-corrected chi connectivity index (χ0v) is 15.6. The van der Waals surface area contributed by atoms with E-state index in [-0.39, 0.29) is 4.90 Å². The normalized spacial score (nSPS) is 11.2. The number of hydrogen-bond acceptors (Lipinski definition) is 5. The predicted octanol–water partition coefficient (Wildman–Crippen LogP) is 2.16. The van der Waals surface area contributed by atoms with Crippen LogP contribution in [0.15, 0.2) is 75.4 Å². The van der Waals surface area contributed by atoms with Crippen LogP contribution in [0.4, 0.5) is 10.1 Å². The molecule has 0 spiro atoms. The lowest BCUT2D eigenvalue weighted by Gasteiger charge is -2.10. The lowest BCUT2D eigenvalue weighted by atomic mass is 10.2. The summed E-state index contributed by atoms with van der Waals surface area (Å²) in [4.78, 5) is 24.0. The van der Waals surface area contributed by atoms with E-state index in [1.54, 1.807) is 12.1 Å². The molecule has 0 aliphatic heterocycles. The van der Waals surface area contributed by atoms with Crippen molar-refractivity contribution in [2.45, 2.75) is 23.4 Å². The fraction of sp³-hybridized carbons (Fsp3) is 0.105. The molecular weight excluding hydrogens is 385 g/mol. The molecule has 1 aromatic heterocycles. The first kappa shape index (κ1) is 19.4. The number of carbonyl (C=O) groups is 1. The van der Waals surface area contributed by atoms with Gasteiger partial charge in [0.05, 0.1) is 4.90 Å². The molecular formula is C19H16FN3O4S. The van der Waals surface area contributed by atoms with Crippen LogP contribution in [0.25, 0.3) is 0 Å². The highest BCUT2D eigenvalue weighted by atomic mass is 32.2. The van der Waals surface area contributed by atoms with Gasteiger partial charge in [-0.2, -0.15) is 5.10 Å². The van der Waals surface area contributed by atoms with Crippen molar-refractivity contribution in [1.29, 1.82) is 0 Å². The number of anilines is 1. The van der Waals surface area contributed by atoms with Crippen molar-refractivity contribution in [2.24, 2.45) is 0 Å². The highest BCUT2D eigenvalue weighted by molar-refractivity contribution is 7.91. The van der Waals surface area contributed by atoms with Gasteiger partial charge >= 0.3 is 0 Å². The molecule has 1 N–H and O–H groups in total. The summed E-state index contributed by atoms with van der Waals surface area (Å²) in [5.41, 5.74) is 0.765. The number of carbonyl (C=O) groups excluding carboxylic acids is 1. The number of sulfone groups is 1. The van der Waals surface area contributed by atoms with Crippen molar-refractivity contribution in [2.75, 3.05) is 5.32 Å². The van der Waals surface area contributed by atoms with Gasteiger partial charge in [0.1, 0.15) is 12.4 Å². The molecule has 0 unspecified atom stereocenters. The summed E-state index contributed by atoms with van der Waals surface area (Å²) >= 11 is 0. The Bertz CT molecular complexity index is 1210. The number of hydrogen-bond donors (Lipinski definition) is 1. The number of halogens is 1. The number of para-hydroxylation sites is 1. The van der Waals surface area contributed by atoms with Crippen LogP contribution in [0.2, 0.25) is 0 Å².